The zero-order valence-corrected chi connectivity index (χ0v) is 13.5. The third-order valence-electron chi connectivity index (χ3n) is 2.78. The van der Waals surface area contributed by atoms with E-state index < -0.39 is 5.97 Å². The van der Waals surface area contributed by atoms with Crippen molar-refractivity contribution in [3.05, 3.63) is 40.4 Å². The minimum Gasteiger partial charge on any atom is -0.454 e. The number of hydrogen-bond acceptors (Lipinski definition) is 5. The van der Waals surface area contributed by atoms with Gasteiger partial charge in [-0.3, -0.25) is 0 Å². The molecule has 0 saturated heterocycles. The lowest BCUT2D eigenvalue weighted by molar-refractivity contribution is 0.0455. The Labute approximate surface area is 131 Å². The summed E-state index contributed by atoms with van der Waals surface area (Å²) in [6.45, 7) is 4.98. The second kappa shape index (κ2) is 6.71. The lowest BCUT2D eigenvalue weighted by atomic mass is 10.2. The van der Waals surface area contributed by atoms with Crippen molar-refractivity contribution >= 4 is 27.6 Å². The molecule has 0 bridgehead atoms. The Morgan fingerprint density at radius 2 is 2.24 bits per heavy atom. The summed E-state index contributed by atoms with van der Waals surface area (Å²) in [7, 11) is 0. The Morgan fingerprint density at radius 3 is 2.95 bits per heavy atom. The molecule has 1 heterocycles. The molecule has 1 aromatic carbocycles. The Morgan fingerprint density at radius 1 is 1.48 bits per heavy atom. The molecule has 0 spiro atoms. The number of carbonyl (C=O) groups is 1. The first-order valence-corrected chi connectivity index (χ1v) is 7.35. The number of esters is 1. The molecule has 1 aromatic heterocycles. The number of benzene rings is 1. The SMILES string of the molecule is CC(C)Cn1ncnc1COC(=O)c1cc(N)ccc1Br. The molecule has 0 aliphatic heterocycles. The molecule has 7 heteroatoms. The summed E-state index contributed by atoms with van der Waals surface area (Å²) >= 11 is 3.31. The number of nitrogens with zero attached hydrogens (tertiary/aromatic N) is 3. The molecule has 2 rings (SSSR count). The number of nitrogen functional groups attached to an aromatic ring is 1. The number of hydrogen-bond donors (Lipinski definition) is 1. The second-order valence-electron chi connectivity index (χ2n) is 5.07. The van der Waals surface area contributed by atoms with Crippen LogP contribution in [0, 0.1) is 5.92 Å². The first-order chi connectivity index (χ1) is 9.97. The number of aromatic nitrogens is 3. The van der Waals surface area contributed by atoms with Crippen LogP contribution in [0.2, 0.25) is 0 Å². The van der Waals surface area contributed by atoms with Crippen molar-refractivity contribution in [2.45, 2.75) is 27.0 Å². The van der Waals surface area contributed by atoms with Gasteiger partial charge < -0.3 is 10.5 Å². The van der Waals surface area contributed by atoms with Gasteiger partial charge in [0, 0.05) is 16.7 Å². The number of ether oxygens (including phenoxy) is 1. The van der Waals surface area contributed by atoms with Crippen LogP contribution in [0.25, 0.3) is 0 Å². The molecule has 0 saturated carbocycles. The molecule has 0 amide bonds. The summed E-state index contributed by atoms with van der Waals surface area (Å²) in [6, 6.07) is 5.00. The summed E-state index contributed by atoms with van der Waals surface area (Å²) in [5.41, 5.74) is 6.58. The molecule has 6 nitrogen and oxygen atoms in total. The van der Waals surface area contributed by atoms with Gasteiger partial charge in [-0.15, -0.1) is 0 Å². The molecule has 2 aromatic rings. The van der Waals surface area contributed by atoms with Crippen LogP contribution < -0.4 is 5.73 Å². The molecule has 0 atom stereocenters. The first-order valence-electron chi connectivity index (χ1n) is 6.56. The Balaban J connectivity index is 2.04. The van der Waals surface area contributed by atoms with E-state index in [1.54, 1.807) is 22.9 Å². The summed E-state index contributed by atoms with van der Waals surface area (Å²) in [6.07, 6.45) is 1.46. The lowest BCUT2D eigenvalue weighted by Gasteiger charge is -2.10. The van der Waals surface area contributed by atoms with Gasteiger partial charge in [-0.1, -0.05) is 13.8 Å². The van der Waals surface area contributed by atoms with Crippen molar-refractivity contribution in [3.8, 4) is 0 Å². The van der Waals surface area contributed by atoms with Crippen LogP contribution in [0.15, 0.2) is 29.0 Å². The van der Waals surface area contributed by atoms with Crippen molar-refractivity contribution in [1.82, 2.24) is 14.8 Å². The zero-order chi connectivity index (χ0) is 15.4. The monoisotopic (exact) mass is 352 g/mol. The molecule has 0 aliphatic carbocycles. The van der Waals surface area contributed by atoms with E-state index in [0.29, 0.717) is 27.5 Å². The van der Waals surface area contributed by atoms with E-state index in [2.05, 4.69) is 39.9 Å². The van der Waals surface area contributed by atoms with Gasteiger partial charge in [0.05, 0.1) is 5.56 Å². The van der Waals surface area contributed by atoms with E-state index in [4.69, 9.17) is 10.5 Å². The minimum atomic E-state index is -0.451. The fraction of sp³-hybridized carbons (Fsp3) is 0.357. The number of nitrogens with two attached hydrogens (primary N) is 1. The highest BCUT2D eigenvalue weighted by molar-refractivity contribution is 9.10. The molecule has 112 valence electrons. The summed E-state index contributed by atoms with van der Waals surface area (Å²) in [4.78, 5) is 16.2. The van der Waals surface area contributed by atoms with E-state index >= 15 is 0 Å². The molecule has 2 N–H and O–H groups in total. The topological polar surface area (TPSA) is 83.0 Å². The highest BCUT2D eigenvalue weighted by Crippen LogP contribution is 2.20. The fourth-order valence-corrected chi connectivity index (χ4v) is 2.21. The summed E-state index contributed by atoms with van der Waals surface area (Å²) in [5, 5.41) is 4.12. The van der Waals surface area contributed by atoms with Crippen LogP contribution in [-0.2, 0) is 17.9 Å². The highest BCUT2D eigenvalue weighted by Gasteiger charge is 2.14. The van der Waals surface area contributed by atoms with Gasteiger partial charge in [-0.2, -0.15) is 5.10 Å². The highest BCUT2D eigenvalue weighted by atomic mass is 79.9. The quantitative estimate of drug-likeness (QED) is 0.660. The van der Waals surface area contributed by atoms with Crippen molar-refractivity contribution in [2.75, 3.05) is 5.73 Å². The van der Waals surface area contributed by atoms with Gasteiger partial charge in [0.2, 0.25) is 0 Å². The van der Waals surface area contributed by atoms with Crippen LogP contribution >= 0.6 is 15.9 Å². The van der Waals surface area contributed by atoms with Gasteiger partial charge >= 0.3 is 5.97 Å². The number of halogens is 1. The third-order valence-corrected chi connectivity index (χ3v) is 3.47. The molecular weight excluding hydrogens is 336 g/mol. The first kappa shape index (κ1) is 15.5. The van der Waals surface area contributed by atoms with Crippen LogP contribution in [-0.4, -0.2) is 20.7 Å². The van der Waals surface area contributed by atoms with Crippen molar-refractivity contribution in [2.24, 2.45) is 5.92 Å². The third kappa shape index (κ3) is 4.04. The molecule has 0 unspecified atom stereocenters. The number of anilines is 1. The number of carbonyl (C=O) groups excluding carboxylic acids is 1. The van der Waals surface area contributed by atoms with E-state index in [-0.39, 0.29) is 6.61 Å². The van der Waals surface area contributed by atoms with Crippen LogP contribution in [0.3, 0.4) is 0 Å². The fourth-order valence-electron chi connectivity index (χ4n) is 1.81. The Kier molecular flexibility index (Phi) is 4.95. The maximum atomic E-state index is 12.1. The summed E-state index contributed by atoms with van der Waals surface area (Å²) in [5.74, 6) is 0.606. The molecular formula is C14H17BrN4O2. The normalized spacial score (nSPS) is 10.9. The lowest BCUT2D eigenvalue weighted by Crippen LogP contribution is -2.14. The van der Waals surface area contributed by atoms with Gasteiger partial charge in [0.1, 0.15) is 6.33 Å². The van der Waals surface area contributed by atoms with E-state index in [0.717, 1.165) is 6.54 Å². The molecule has 0 aliphatic rings. The van der Waals surface area contributed by atoms with E-state index in [1.165, 1.54) is 6.33 Å². The average Bonchev–Trinajstić information content (AvgIpc) is 2.85. The minimum absolute atomic E-state index is 0.0762. The molecule has 0 radical (unpaired) electrons. The largest absolute Gasteiger partial charge is 0.454 e. The predicted octanol–water partition coefficient (Wildman–Crippen LogP) is 2.64. The van der Waals surface area contributed by atoms with Gasteiger partial charge in [-0.25, -0.2) is 14.5 Å². The van der Waals surface area contributed by atoms with Gasteiger partial charge in [0.25, 0.3) is 0 Å². The average molecular weight is 353 g/mol. The number of rotatable bonds is 5. The molecule has 21 heavy (non-hydrogen) atoms. The van der Waals surface area contributed by atoms with E-state index in [9.17, 15) is 4.79 Å². The predicted molar refractivity (Wildman–Crippen MR) is 82.5 cm³/mol. The van der Waals surface area contributed by atoms with Crippen LogP contribution in [0.1, 0.15) is 30.0 Å². The summed E-state index contributed by atoms with van der Waals surface area (Å²) < 4.78 is 7.67. The smallest absolute Gasteiger partial charge is 0.339 e. The maximum Gasteiger partial charge on any atom is 0.339 e. The zero-order valence-electron chi connectivity index (χ0n) is 11.9. The van der Waals surface area contributed by atoms with Gasteiger partial charge in [0.15, 0.2) is 12.4 Å². The van der Waals surface area contributed by atoms with Crippen molar-refractivity contribution < 1.29 is 9.53 Å². The van der Waals surface area contributed by atoms with Gasteiger partial charge in [-0.05, 0) is 40.0 Å². The Hall–Kier alpha value is -1.89. The standard InChI is InChI=1S/C14H17BrN4O2/c1-9(2)6-19-13(17-8-18-19)7-21-14(20)11-5-10(16)3-4-12(11)15/h3-5,8-9H,6-7,16H2,1-2H3. The maximum absolute atomic E-state index is 12.1. The molecule has 0 fully saturated rings. The second-order valence-corrected chi connectivity index (χ2v) is 5.92. The van der Waals surface area contributed by atoms with E-state index in [1.807, 2.05) is 0 Å². The van der Waals surface area contributed by atoms with Crippen LogP contribution in [0.4, 0.5) is 5.69 Å². The van der Waals surface area contributed by atoms with Crippen molar-refractivity contribution in [3.63, 3.8) is 0 Å². The van der Waals surface area contributed by atoms with Crippen molar-refractivity contribution in [1.29, 1.82) is 0 Å². The van der Waals surface area contributed by atoms with Crippen LogP contribution in [0.5, 0.6) is 0 Å². The Bertz CT molecular complexity index is 640.